The Morgan fingerprint density at radius 3 is 2.75 bits per heavy atom. The topological polar surface area (TPSA) is 64.3 Å². The number of nitrogens with one attached hydrogen (secondary N) is 1. The molecule has 1 amide bonds. The molecule has 0 saturated carbocycles. The molecule has 0 atom stereocenters. The fraction of sp³-hybridized carbons (Fsp3) is 0.0714. The zero-order chi connectivity index (χ0) is 14.7. The number of hydrogen-bond acceptors (Lipinski definition) is 3. The van der Waals surface area contributed by atoms with Gasteiger partial charge in [-0.15, -0.1) is 0 Å². The Bertz CT molecular complexity index is 641. The lowest BCUT2D eigenvalue weighted by atomic mass is 10.2. The summed E-state index contributed by atoms with van der Waals surface area (Å²) in [5.41, 5.74) is 6.43. The van der Waals surface area contributed by atoms with Gasteiger partial charge in [0.05, 0.1) is 24.0 Å². The molecule has 0 saturated heterocycles. The minimum absolute atomic E-state index is 0.0743. The molecule has 0 aliphatic heterocycles. The average Bonchev–Trinajstić information content (AvgIpc) is 2.41. The van der Waals surface area contributed by atoms with Crippen molar-refractivity contribution in [3.8, 4) is 5.75 Å². The van der Waals surface area contributed by atoms with Crippen molar-refractivity contribution in [2.75, 3.05) is 18.2 Å². The van der Waals surface area contributed by atoms with Crippen LogP contribution < -0.4 is 15.8 Å². The molecule has 0 spiro atoms. The number of benzene rings is 2. The Hall–Kier alpha value is -2.08. The van der Waals surface area contributed by atoms with Crippen LogP contribution in [0.15, 0.2) is 40.9 Å². The van der Waals surface area contributed by atoms with E-state index in [1.807, 2.05) is 0 Å². The summed E-state index contributed by atoms with van der Waals surface area (Å²) in [5.74, 6) is -0.657. The van der Waals surface area contributed by atoms with Crippen molar-refractivity contribution in [2.45, 2.75) is 0 Å². The molecule has 0 heterocycles. The Labute approximate surface area is 123 Å². The second-order valence-corrected chi connectivity index (χ2v) is 4.86. The molecular weight excluding hydrogens is 327 g/mol. The van der Waals surface area contributed by atoms with Crippen molar-refractivity contribution in [3.63, 3.8) is 0 Å². The number of halogens is 2. The average molecular weight is 339 g/mol. The van der Waals surface area contributed by atoms with Crippen molar-refractivity contribution in [1.82, 2.24) is 0 Å². The van der Waals surface area contributed by atoms with Gasteiger partial charge in [-0.1, -0.05) is 6.07 Å². The number of methoxy groups -OCH3 is 1. The molecule has 20 heavy (non-hydrogen) atoms. The first-order valence-corrected chi connectivity index (χ1v) is 6.51. The van der Waals surface area contributed by atoms with Gasteiger partial charge in [0.2, 0.25) is 0 Å². The van der Waals surface area contributed by atoms with Crippen LogP contribution in [0.1, 0.15) is 10.4 Å². The molecule has 2 aromatic carbocycles. The molecule has 104 valence electrons. The zero-order valence-corrected chi connectivity index (χ0v) is 12.2. The first-order chi connectivity index (χ1) is 9.52. The maximum absolute atomic E-state index is 13.7. The summed E-state index contributed by atoms with van der Waals surface area (Å²) >= 11 is 3.15. The fourth-order valence-corrected chi connectivity index (χ4v) is 2.19. The summed E-state index contributed by atoms with van der Waals surface area (Å²) in [6.07, 6.45) is 0. The largest absolute Gasteiger partial charge is 0.497 e. The van der Waals surface area contributed by atoms with Crippen LogP contribution in [0.2, 0.25) is 0 Å². The summed E-state index contributed by atoms with van der Waals surface area (Å²) in [7, 11) is 1.50. The maximum atomic E-state index is 13.7. The molecule has 6 heteroatoms. The molecule has 3 N–H and O–H groups in total. The molecule has 0 aromatic heterocycles. The van der Waals surface area contributed by atoms with E-state index < -0.39 is 11.7 Å². The van der Waals surface area contributed by atoms with E-state index in [0.717, 1.165) is 0 Å². The Kier molecular flexibility index (Phi) is 4.24. The molecule has 0 fully saturated rings. The van der Waals surface area contributed by atoms with Crippen LogP contribution in [0.5, 0.6) is 5.75 Å². The number of anilines is 2. The molecule has 0 unspecified atom stereocenters. The number of ether oxygens (including phenoxy) is 1. The van der Waals surface area contributed by atoms with Crippen LogP contribution in [-0.2, 0) is 0 Å². The number of rotatable bonds is 3. The third-order valence-corrected chi connectivity index (χ3v) is 3.36. The summed E-state index contributed by atoms with van der Waals surface area (Å²) in [5, 5.41) is 2.57. The van der Waals surface area contributed by atoms with Gasteiger partial charge in [-0.3, -0.25) is 4.79 Å². The quantitative estimate of drug-likeness (QED) is 0.842. The number of amides is 1. The third-order valence-electron chi connectivity index (χ3n) is 2.70. The third kappa shape index (κ3) is 2.91. The molecule has 2 rings (SSSR count). The molecule has 2 aromatic rings. The second-order valence-electron chi connectivity index (χ2n) is 4.00. The van der Waals surface area contributed by atoms with Crippen molar-refractivity contribution in [3.05, 3.63) is 52.3 Å². The van der Waals surface area contributed by atoms with Gasteiger partial charge in [-0.25, -0.2) is 4.39 Å². The monoisotopic (exact) mass is 338 g/mol. The second kappa shape index (κ2) is 5.92. The van der Waals surface area contributed by atoms with Crippen LogP contribution >= 0.6 is 15.9 Å². The van der Waals surface area contributed by atoms with Crippen LogP contribution in [-0.4, -0.2) is 13.0 Å². The lowest BCUT2D eigenvalue weighted by Crippen LogP contribution is -2.15. The van der Waals surface area contributed by atoms with Gasteiger partial charge in [0.15, 0.2) is 0 Å². The van der Waals surface area contributed by atoms with Gasteiger partial charge in [-0.05, 0) is 40.2 Å². The van der Waals surface area contributed by atoms with Gasteiger partial charge < -0.3 is 15.8 Å². The predicted molar refractivity (Wildman–Crippen MR) is 79.5 cm³/mol. The summed E-state index contributed by atoms with van der Waals surface area (Å²) in [6.45, 7) is 0. The van der Waals surface area contributed by atoms with Gasteiger partial charge in [0.25, 0.3) is 5.91 Å². The molecule has 4 nitrogen and oxygen atoms in total. The molecule has 0 aliphatic rings. The van der Waals surface area contributed by atoms with Crippen LogP contribution in [0.3, 0.4) is 0 Å². The summed E-state index contributed by atoms with van der Waals surface area (Å²) in [4.78, 5) is 12.1. The van der Waals surface area contributed by atoms with Gasteiger partial charge in [0.1, 0.15) is 11.6 Å². The van der Waals surface area contributed by atoms with E-state index in [9.17, 15) is 9.18 Å². The van der Waals surface area contributed by atoms with E-state index in [4.69, 9.17) is 10.5 Å². The van der Waals surface area contributed by atoms with E-state index in [1.54, 1.807) is 24.3 Å². The molecule has 0 radical (unpaired) electrons. The maximum Gasteiger partial charge on any atom is 0.259 e. The molecule has 0 aliphatic carbocycles. The number of carbonyl (C=O) groups is 1. The Morgan fingerprint density at radius 1 is 1.35 bits per heavy atom. The van der Waals surface area contributed by atoms with Crippen molar-refractivity contribution >= 4 is 33.2 Å². The predicted octanol–water partition coefficient (Wildman–Crippen LogP) is 3.43. The number of carbonyl (C=O) groups excluding carboxylic acids is 1. The van der Waals surface area contributed by atoms with E-state index in [1.165, 1.54) is 19.2 Å². The molecule has 0 bridgehead atoms. The Morgan fingerprint density at radius 2 is 2.10 bits per heavy atom. The standard InChI is InChI=1S/C14H12BrFN2O2/c1-20-8-5-6-11(17)12(7-8)18-14(19)13-9(15)3-2-4-10(13)16/h2-7H,17H2,1H3,(H,18,19). The minimum Gasteiger partial charge on any atom is -0.497 e. The van der Waals surface area contributed by atoms with E-state index >= 15 is 0 Å². The van der Waals surface area contributed by atoms with Crippen molar-refractivity contribution in [2.24, 2.45) is 0 Å². The first-order valence-electron chi connectivity index (χ1n) is 5.72. The highest BCUT2D eigenvalue weighted by Crippen LogP contribution is 2.26. The lowest BCUT2D eigenvalue weighted by Gasteiger charge is -2.11. The van der Waals surface area contributed by atoms with Crippen LogP contribution in [0.4, 0.5) is 15.8 Å². The lowest BCUT2D eigenvalue weighted by molar-refractivity contribution is 0.102. The summed E-state index contributed by atoms with van der Waals surface area (Å²) in [6, 6.07) is 9.16. The molecular formula is C14H12BrFN2O2. The highest BCUT2D eigenvalue weighted by atomic mass is 79.9. The highest BCUT2D eigenvalue weighted by molar-refractivity contribution is 9.10. The van der Waals surface area contributed by atoms with E-state index in [-0.39, 0.29) is 5.56 Å². The highest BCUT2D eigenvalue weighted by Gasteiger charge is 2.16. The number of nitrogen functional groups attached to an aromatic ring is 1. The SMILES string of the molecule is COc1ccc(N)c(NC(=O)c2c(F)cccc2Br)c1. The van der Waals surface area contributed by atoms with E-state index in [0.29, 0.717) is 21.6 Å². The zero-order valence-electron chi connectivity index (χ0n) is 10.6. The number of hydrogen-bond donors (Lipinski definition) is 2. The van der Waals surface area contributed by atoms with Gasteiger partial charge in [-0.2, -0.15) is 0 Å². The number of nitrogens with two attached hydrogens (primary N) is 1. The minimum atomic E-state index is -0.613. The van der Waals surface area contributed by atoms with Crippen LogP contribution in [0.25, 0.3) is 0 Å². The Balaban J connectivity index is 2.33. The van der Waals surface area contributed by atoms with Gasteiger partial charge >= 0.3 is 0 Å². The van der Waals surface area contributed by atoms with Crippen LogP contribution in [0, 0.1) is 5.82 Å². The van der Waals surface area contributed by atoms with Crippen molar-refractivity contribution in [1.29, 1.82) is 0 Å². The summed E-state index contributed by atoms with van der Waals surface area (Å²) < 4.78 is 19.1. The normalized spacial score (nSPS) is 10.2. The first kappa shape index (κ1) is 14.3. The van der Waals surface area contributed by atoms with Crippen molar-refractivity contribution < 1.29 is 13.9 Å². The fourth-order valence-electron chi connectivity index (χ4n) is 1.67. The van der Waals surface area contributed by atoms with Gasteiger partial charge in [0, 0.05) is 10.5 Å². The van der Waals surface area contributed by atoms with E-state index in [2.05, 4.69) is 21.2 Å². The smallest absolute Gasteiger partial charge is 0.259 e.